The average Bonchev–Trinajstić information content (AvgIpc) is 2.48. The van der Waals surface area contributed by atoms with E-state index >= 15 is 0 Å². The highest BCUT2D eigenvalue weighted by atomic mass is 16.5. The summed E-state index contributed by atoms with van der Waals surface area (Å²) in [5, 5.41) is 3.16. The summed E-state index contributed by atoms with van der Waals surface area (Å²) in [6.07, 6.45) is 2.02. The lowest BCUT2D eigenvalue weighted by atomic mass is 10.1. The number of aryl methyl sites for hydroxylation is 1. The van der Waals surface area contributed by atoms with E-state index in [1.165, 1.54) is 5.56 Å². The van der Waals surface area contributed by atoms with Crippen LogP contribution < -0.4 is 14.8 Å². The number of methoxy groups -OCH3 is 1. The van der Waals surface area contributed by atoms with Crippen molar-refractivity contribution in [1.82, 2.24) is 10.3 Å². The third-order valence-corrected chi connectivity index (χ3v) is 3.08. The van der Waals surface area contributed by atoms with Crippen LogP contribution >= 0.6 is 0 Å². The molecular weight excluding hydrogens is 264 g/mol. The molecule has 0 unspecified atom stereocenters. The van der Waals surface area contributed by atoms with E-state index in [1.54, 1.807) is 7.11 Å². The molecule has 21 heavy (non-hydrogen) atoms. The first-order valence-electron chi connectivity index (χ1n) is 7.21. The largest absolute Gasteiger partial charge is 0.497 e. The van der Waals surface area contributed by atoms with Crippen molar-refractivity contribution in [2.75, 3.05) is 14.2 Å². The molecule has 112 valence electrons. The molecule has 1 aromatic heterocycles. The molecule has 0 amide bonds. The molecule has 0 atom stereocenters. The molecule has 1 aromatic carbocycles. The van der Waals surface area contributed by atoms with Crippen LogP contribution in [0.4, 0.5) is 0 Å². The Morgan fingerprint density at radius 2 is 1.81 bits per heavy atom. The highest BCUT2D eigenvalue weighted by molar-refractivity contribution is 5.35. The van der Waals surface area contributed by atoms with Crippen LogP contribution in [0, 0.1) is 0 Å². The summed E-state index contributed by atoms with van der Waals surface area (Å²) in [5.41, 5.74) is 2.24. The zero-order valence-electron chi connectivity index (χ0n) is 12.8. The molecule has 4 nitrogen and oxygen atoms in total. The number of aromatic nitrogens is 1. The number of nitrogens with one attached hydrogen (secondary N) is 1. The van der Waals surface area contributed by atoms with Gasteiger partial charge >= 0.3 is 0 Å². The molecular formula is C17H22N2O2. The zero-order valence-corrected chi connectivity index (χ0v) is 12.8. The first-order chi connectivity index (χ1) is 10.2. The van der Waals surface area contributed by atoms with Gasteiger partial charge in [-0.1, -0.05) is 13.3 Å². The van der Waals surface area contributed by atoms with Crippen molar-refractivity contribution in [2.45, 2.75) is 26.3 Å². The molecule has 0 saturated heterocycles. The first kappa shape index (κ1) is 15.3. The number of pyridine rings is 1. The van der Waals surface area contributed by atoms with Crippen molar-refractivity contribution in [1.29, 1.82) is 0 Å². The maximum absolute atomic E-state index is 5.86. The lowest BCUT2D eigenvalue weighted by Crippen LogP contribution is -2.06. The molecule has 0 aliphatic carbocycles. The van der Waals surface area contributed by atoms with Crippen LogP contribution in [0.5, 0.6) is 17.4 Å². The van der Waals surface area contributed by atoms with Crippen molar-refractivity contribution in [3.63, 3.8) is 0 Å². The Labute approximate surface area is 126 Å². The normalized spacial score (nSPS) is 10.4. The number of nitrogens with zero attached hydrogens (tertiary/aromatic N) is 1. The van der Waals surface area contributed by atoms with Gasteiger partial charge in [-0.15, -0.1) is 0 Å². The van der Waals surface area contributed by atoms with E-state index in [0.29, 0.717) is 5.88 Å². The fraction of sp³-hybridized carbons (Fsp3) is 0.353. The minimum absolute atomic E-state index is 0.636. The van der Waals surface area contributed by atoms with Crippen LogP contribution in [-0.4, -0.2) is 19.1 Å². The van der Waals surface area contributed by atoms with Gasteiger partial charge in [0.25, 0.3) is 0 Å². The van der Waals surface area contributed by atoms with Crippen molar-refractivity contribution in [3.05, 3.63) is 47.7 Å². The second kappa shape index (κ2) is 7.64. The molecule has 1 N–H and O–H groups in total. The number of hydrogen-bond acceptors (Lipinski definition) is 4. The smallest absolute Gasteiger partial charge is 0.219 e. The van der Waals surface area contributed by atoms with E-state index < -0.39 is 0 Å². The summed E-state index contributed by atoms with van der Waals surface area (Å²) in [7, 11) is 3.58. The van der Waals surface area contributed by atoms with Gasteiger partial charge < -0.3 is 14.8 Å². The summed E-state index contributed by atoms with van der Waals surface area (Å²) < 4.78 is 11.0. The molecule has 1 heterocycles. The summed E-state index contributed by atoms with van der Waals surface area (Å²) in [5.74, 6) is 2.20. The van der Waals surface area contributed by atoms with Gasteiger partial charge in [0.15, 0.2) is 0 Å². The first-order valence-corrected chi connectivity index (χ1v) is 7.21. The van der Waals surface area contributed by atoms with E-state index in [2.05, 4.69) is 23.3 Å². The number of benzene rings is 1. The van der Waals surface area contributed by atoms with Crippen LogP contribution in [0.1, 0.15) is 24.6 Å². The fourth-order valence-electron chi connectivity index (χ4n) is 2.13. The number of hydrogen-bond donors (Lipinski definition) is 1. The Balaban J connectivity index is 2.20. The Morgan fingerprint density at radius 3 is 2.43 bits per heavy atom. The van der Waals surface area contributed by atoms with Gasteiger partial charge in [-0.2, -0.15) is 0 Å². The van der Waals surface area contributed by atoms with Gasteiger partial charge in [0, 0.05) is 18.3 Å². The Morgan fingerprint density at radius 1 is 1.10 bits per heavy atom. The average molecular weight is 286 g/mol. The van der Waals surface area contributed by atoms with E-state index in [-0.39, 0.29) is 0 Å². The summed E-state index contributed by atoms with van der Waals surface area (Å²) >= 11 is 0. The van der Waals surface area contributed by atoms with Crippen LogP contribution in [0.3, 0.4) is 0 Å². The van der Waals surface area contributed by atoms with E-state index in [4.69, 9.17) is 9.47 Å². The Bertz CT molecular complexity index is 543. The predicted molar refractivity (Wildman–Crippen MR) is 84.1 cm³/mol. The molecule has 0 saturated carbocycles. The van der Waals surface area contributed by atoms with Crippen molar-refractivity contribution < 1.29 is 9.47 Å². The van der Waals surface area contributed by atoms with E-state index in [1.807, 2.05) is 37.4 Å². The lowest BCUT2D eigenvalue weighted by Gasteiger charge is -2.10. The maximum Gasteiger partial charge on any atom is 0.219 e. The van der Waals surface area contributed by atoms with Gasteiger partial charge in [0.2, 0.25) is 5.88 Å². The SMILES string of the molecule is CCCc1cc(CNC)cc(Oc2ccc(OC)cc2)n1. The molecule has 0 aliphatic rings. The highest BCUT2D eigenvalue weighted by Gasteiger charge is 2.05. The van der Waals surface area contributed by atoms with Crippen molar-refractivity contribution >= 4 is 0 Å². The highest BCUT2D eigenvalue weighted by Crippen LogP contribution is 2.24. The molecule has 0 bridgehead atoms. The standard InChI is InChI=1S/C17H22N2O2/c1-4-5-14-10-13(12-18-2)11-17(19-14)21-16-8-6-15(20-3)7-9-16/h6-11,18H,4-5,12H2,1-3H3. The van der Waals surface area contributed by atoms with Gasteiger partial charge in [0.05, 0.1) is 7.11 Å². The van der Waals surface area contributed by atoms with E-state index in [0.717, 1.165) is 36.6 Å². The molecule has 2 rings (SSSR count). The Kier molecular flexibility index (Phi) is 5.58. The van der Waals surface area contributed by atoms with Crippen LogP contribution in [0.15, 0.2) is 36.4 Å². The summed E-state index contributed by atoms with van der Waals surface area (Å²) in [6.45, 7) is 2.95. The quantitative estimate of drug-likeness (QED) is 0.845. The third kappa shape index (κ3) is 4.46. The van der Waals surface area contributed by atoms with Crippen LogP contribution in [-0.2, 0) is 13.0 Å². The Hall–Kier alpha value is -2.07. The van der Waals surface area contributed by atoms with Gasteiger partial charge in [-0.3, -0.25) is 0 Å². The second-order valence-corrected chi connectivity index (χ2v) is 4.86. The van der Waals surface area contributed by atoms with Gasteiger partial charge in [0.1, 0.15) is 11.5 Å². The maximum atomic E-state index is 5.86. The molecule has 0 aliphatic heterocycles. The molecule has 2 aromatic rings. The van der Waals surface area contributed by atoms with Gasteiger partial charge in [-0.05, 0) is 49.4 Å². The number of rotatable bonds is 7. The van der Waals surface area contributed by atoms with Crippen LogP contribution in [0.25, 0.3) is 0 Å². The second-order valence-electron chi connectivity index (χ2n) is 4.86. The molecule has 0 spiro atoms. The predicted octanol–water partition coefficient (Wildman–Crippen LogP) is 3.55. The van der Waals surface area contributed by atoms with Crippen LogP contribution in [0.2, 0.25) is 0 Å². The minimum Gasteiger partial charge on any atom is -0.497 e. The lowest BCUT2D eigenvalue weighted by molar-refractivity contribution is 0.412. The van der Waals surface area contributed by atoms with Crippen molar-refractivity contribution in [3.8, 4) is 17.4 Å². The number of ether oxygens (including phenoxy) is 2. The summed E-state index contributed by atoms with van der Waals surface area (Å²) in [6, 6.07) is 11.6. The topological polar surface area (TPSA) is 43.4 Å². The zero-order chi connectivity index (χ0) is 15.1. The summed E-state index contributed by atoms with van der Waals surface area (Å²) in [4.78, 5) is 4.56. The third-order valence-electron chi connectivity index (χ3n) is 3.08. The monoisotopic (exact) mass is 286 g/mol. The van der Waals surface area contributed by atoms with Gasteiger partial charge in [-0.25, -0.2) is 4.98 Å². The minimum atomic E-state index is 0.636. The van der Waals surface area contributed by atoms with E-state index in [9.17, 15) is 0 Å². The van der Waals surface area contributed by atoms with Crippen molar-refractivity contribution in [2.24, 2.45) is 0 Å². The molecule has 4 heteroatoms. The molecule has 0 radical (unpaired) electrons. The fourth-order valence-corrected chi connectivity index (χ4v) is 2.13. The molecule has 0 fully saturated rings.